The molecule has 0 saturated carbocycles. The number of aromatic nitrogens is 3. The molecule has 9 heteroatoms. The van der Waals surface area contributed by atoms with E-state index in [1.807, 2.05) is 24.3 Å². The minimum Gasteiger partial charge on any atom is -0.454 e. The Hall–Kier alpha value is -3.51. The molecule has 0 saturated heterocycles. The molecule has 5 rings (SSSR count). The summed E-state index contributed by atoms with van der Waals surface area (Å²) in [5.74, 6) is 1.08. The minimum absolute atomic E-state index is 0.0220. The molecule has 1 atom stereocenters. The topological polar surface area (TPSA) is 119 Å². The minimum atomic E-state index is -0.508. The summed E-state index contributed by atoms with van der Waals surface area (Å²) in [7, 11) is 0. The Morgan fingerprint density at radius 3 is 2.86 bits per heavy atom. The van der Waals surface area contributed by atoms with Crippen molar-refractivity contribution in [2.45, 2.75) is 5.92 Å². The van der Waals surface area contributed by atoms with Crippen LogP contribution >= 0.6 is 15.9 Å². The van der Waals surface area contributed by atoms with Gasteiger partial charge in [0.25, 0.3) is 0 Å². The summed E-state index contributed by atoms with van der Waals surface area (Å²) >= 11 is 3.59. The van der Waals surface area contributed by atoms with Crippen LogP contribution in [0.25, 0.3) is 11.3 Å². The van der Waals surface area contributed by atoms with E-state index < -0.39 is 5.92 Å². The number of nitriles is 1. The number of rotatable bonds is 2. The molecule has 8 nitrogen and oxygen atoms in total. The van der Waals surface area contributed by atoms with Gasteiger partial charge in [0, 0.05) is 22.4 Å². The van der Waals surface area contributed by atoms with E-state index in [9.17, 15) is 5.26 Å². The zero-order chi connectivity index (χ0) is 19.3. The maximum atomic E-state index is 9.82. The molecule has 2 aromatic heterocycles. The highest BCUT2D eigenvalue weighted by molar-refractivity contribution is 9.10. The molecule has 0 aliphatic carbocycles. The standard InChI is InChI=1S/C19H12BrN5O3/c20-12-5-14-13(26-8-27-14)4-10(12)15-11(6-21)18(22)28-19-16(15)17(24-25-19)9-2-1-3-23-7-9/h1-5,7,15H,8,22H2,(H,24,25)/t15-/m1/s1. The van der Waals surface area contributed by atoms with Gasteiger partial charge in [0.05, 0.1) is 17.2 Å². The smallest absolute Gasteiger partial charge is 0.244 e. The van der Waals surface area contributed by atoms with Gasteiger partial charge in [-0.2, -0.15) is 5.26 Å². The molecule has 0 amide bonds. The van der Waals surface area contributed by atoms with Crippen molar-refractivity contribution in [3.63, 3.8) is 0 Å². The lowest BCUT2D eigenvalue weighted by Crippen LogP contribution is -2.21. The number of ether oxygens (including phenoxy) is 3. The average molecular weight is 438 g/mol. The Balaban J connectivity index is 1.76. The molecule has 0 radical (unpaired) electrons. The number of benzene rings is 1. The highest BCUT2D eigenvalue weighted by Crippen LogP contribution is 2.49. The van der Waals surface area contributed by atoms with Gasteiger partial charge >= 0.3 is 0 Å². The molecule has 2 aliphatic heterocycles. The summed E-state index contributed by atoms with van der Waals surface area (Å²) in [6.45, 7) is 0.153. The van der Waals surface area contributed by atoms with Crippen molar-refractivity contribution in [2.75, 3.05) is 6.79 Å². The van der Waals surface area contributed by atoms with E-state index in [0.717, 1.165) is 15.6 Å². The van der Waals surface area contributed by atoms with Crippen LogP contribution in [0.3, 0.4) is 0 Å². The predicted molar refractivity (Wildman–Crippen MR) is 101 cm³/mol. The fraction of sp³-hybridized carbons (Fsp3) is 0.105. The van der Waals surface area contributed by atoms with Crippen LogP contribution in [-0.2, 0) is 0 Å². The molecule has 3 aromatic rings. The van der Waals surface area contributed by atoms with Crippen molar-refractivity contribution < 1.29 is 14.2 Å². The highest BCUT2D eigenvalue weighted by Gasteiger charge is 2.37. The van der Waals surface area contributed by atoms with Gasteiger partial charge in [0.15, 0.2) is 11.5 Å². The van der Waals surface area contributed by atoms with Gasteiger partial charge in [0.1, 0.15) is 11.6 Å². The number of aromatic amines is 1. The third-order valence-electron chi connectivity index (χ3n) is 4.69. The van der Waals surface area contributed by atoms with E-state index in [2.05, 4.69) is 37.2 Å². The number of nitrogens with zero attached hydrogens (tertiary/aromatic N) is 3. The Morgan fingerprint density at radius 1 is 1.29 bits per heavy atom. The number of H-pyrrole nitrogens is 1. The molecule has 138 valence electrons. The molecular weight excluding hydrogens is 426 g/mol. The van der Waals surface area contributed by atoms with E-state index in [0.29, 0.717) is 34.2 Å². The van der Waals surface area contributed by atoms with Crippen molar-refractivity contribution in [2.24, 2.45) is 5.73 Å². The van der Waals surface area contributed by atoms with E-state index >= 15 is 0 Å². The number of nitrogens with one attached hydrogen (secondary N) is 1. The average Bonchev–Trinajstić information content (AvgIpc) is 3.33. The van der Waals surface area contributed by atoms with Gasteiger partial charge in [0.2, 0.25) is 18.6 Å². The summed E-state index contributed by atoms with van der Waals surface area (Å²) in [5, 5.41) is 17.1. The van der Waals surface area contributed by atoms with Gasteiger partial charge in [-0.25, -0.2) is 0 Å². The van der Waals surface area contributed by atoms with Crippen molar-refractivity contribution in [3.8, 4) is 34.7 Å². The second kappa shape index (κ2) is 6.28. The molecule has 0 bridgehead atoms. The summed E-state index contributed by atoms with van der Waals surface area (Å²) in [5.41, 5.74) is 9.35. The Labute approximate surface area is 167 Å². The van der Waals surface area contributed by atoms with Crippen LogP contribution in [0.4, 0.5) is 0 Å². The number of hydrogen-bond acceptors (Lipinski definition) is 7. The lowest BCUT2D eigenvalue weighted by Gasteiger charge is -2.25. The van der Waals surface area contributed by atoms with Crippen LogP contribution in [-0.4, -0.2) is 22.0 Å². The fourth-order valence-corrected chi connectivity index (χ4v) is 3.99. The van der Waals surface area contributed by atoms with E-state index in [1.165, 1.54) is 0 Å². The van der Waals surface area contributed by atoms with Gasteiger partial charge in [-0.1, -0.05) is 15.9 Å². The van der Waals surface area contributed by atoms with Gasteiger partial charge in [-0.3, -0.25) is 10.1 Å². The number of halogens is 1. The maximum absolute atomic E-state index is 9.82. The third kappa shape index (κ3) is 2.42. The second-order valence-electron chi connectivity index (χ2n) is 6.21. The fourth-order valence-electron chi connectivity index (χ4n) is 3.44. The van der Waals surface area contributed by atoms with Crippen molar-refractivity contribution in [1.82, 2.24) is 15.2 Å². The quantitative estimate of drug-likeness (QED) is 0.631. The van der Waals surface area contributed by atoms with Crippen LogP contribution < -0.4 is 19.9 Å². The summed E-state index contributed by atoms with van der Waals surface area (Å²) in [4.78, 5) is 4.17. The zero-order valence-corrected chi connectivity index (χ0v) is 15.9. The van der Waals surface area contributed by atoms with Gasteiger partial charge in [-0.05, 0) is 29.8 Å². The summed E-state index contributed by atoms with van der Waals surface area (Å²) in [6, 6.07) is 9.58. The Morgan fingerprint density at radius 2 is 2.11 bits per heavy atom. The first kappa shape index (κ1) is 16.6. The van der Waals surface area contributed by atoms with E-state index in [-0.39, 0.29) is 12.7 Å². The molecule has 1 aromatic carbocycles. The van der Waals surface area contributed by atoms with E-state index in [1.54, 1.807) is 12.4 Å². The Bertz CT molecular complexity index is 1170. The second-order valence-corrected chi connectivity index (χ2v) is 7.07. The first-order valence-electron chi connectivity index (χ1n) is 8.32. The lowest BCUT2D eigenvalue weighted by atomic mass is 9.83. The van der Waals surface area contributed by atoms with E-state index in [4.69, 9.17) is 19.9 Å². The lowest BCUT2D eigenvalue weighted by molar-refractivity contribution is 0.174. The summed E-state index contributed by atoms with van der Waals surface area (Å²) in [6.07, 6.45) is 3.40. The maximum Gasteiger partial charge on any atom is 0.244 e. The first-order chi connectivity index (χ1) is 13.7. The largest absolute Gasteiger partial charge is 0.454 e. The number of allylic oxidation sites excluding steroid dienone is 1. The van der Waals surface area contributed by atoms with Crippen LogP contribution in [0, 0.1) is 11.3 Å². The van der Waals surface area contributed by atoms with Crippen LogP contribution in [0.5, 0.6) is 17.4 Å². The molecule has 2 aliphatic rings. The molecule has 28 heavy (non-hydrogen) atoms. The van der Waals surface area contributed by atoms with Gasteiger partial charge in [-0.15, -0.1) is 5.10 Å². The number of pyridine rings is 1. The third-order valence-corrected chi connectivity index (χ3v) is 5.38. The first-order valence-corrected chi connectivity index (χ1v) is 9.12. The number of hydrogen-bond donors (Lipinski definition) is 2. The van der Waals surface area contributed by atoms with Crippen LogP contribution in [0.2, 0.25) is 0 Å². The highest BCUT2D eigenvalue weighted by atomic mass is 79.9. The van der Waals surface area contributed by atoms with Crippen LogP contribution in [0.1, 0.15) is 17.0 Å². The van der Waals surface area contributed by atoms with Crippen LogP contribution in [0.15, 0.2) is 52.6 Å². The zero-order valence-electron chi connectivity index (χ0n) is 14.3. The molecule has 0 unspecified atom stereocenters. The van der Waals surface area contributed by atoms with Crippen molar-refractivity contribution in [1.29, 1.82) is 5.26 Å². The van der Waals surface area contributed by atoms with Crippen molar-refractivity contribution >= 4 is 15.9 Å². The number of fused-ring (bicyclic) bond motifs is 2. The number of nitrogens with two attached hydrogens (primary N) is 1. The SMILES string of the molecule is N#CC1=C(N)Oc2n[nH]c(-c3cccnc3)c2[C@@H]1c1cc2c(cc1Br)OCO2. The monoisotopic (exact) mass is 437 g/mol. The van der Waals surface area contributed by atoms with Gasteiger partial charge < -0.3 is 19.9 Å². The molecule has 0 spiro atoms. The molecular formula is C19H12BrN5O3. The normalized spacial score (nSPS) is 17.1. The molecule has 4 heterocycles. The molecule has 3 N–H and O–H groups in total. The predicted octanol–water partition coefficient (Wildman–Crippen LogP) is 3.18. The summed E-state index contributed by atoms with van der Waals surface area (Å²) < 4.78 is 17.3. The molecule has 0 fully saturated rings. The van der Waals surface area contributed by atoms with Crippen molar-refractivity contribution in [3.05, 3.63) is 63.7 Å². The Kier molecular flexibility index (Phi) is 3.74.